The molecule has 0 aliphatic heterocycles. The van der Waals surface area contributed by atoms with E-state index in [4.69, 9.17) is 5.11 Å². The number of thioether (sulfide) groups is 1. The summed E-state index contributed by atoms with van der Waals surface area (Å²) in [5.41, 5.74) is -0.664. The van der Waals surface area contributed by atoms with E-state index >= 15 is 0 Å². The highest BCUT2D eigenvalue weighted by Gasteiger charge is 2.35. The summed E-state index contributed by atoms with van der Waals surface area (Å²) < 4.78 is 0. The normalized spacial score (nSPS) is 23.8. The maximum absolute atomic E-state index is 12.2. The van der Waals surface area contributed by atoms with Crippen molar-refractivity contribution in [2.24, 2.45) is 5.92 Å². The highest BCUT2D eigenvalue weighted by Crippen LogP contribution is 2.37. The Morgan fingerprint density at radius 3 is 2.65 bits per heavy atom. The Morgan fingerprint density at radius 2 is 2.00 bits per heavy atom. The second-order valence-electron chi connectivity index (χ2n) is 7.91. The van der Waals surface area contributed by atoms with Gasteiger partial charge in [-0.25, -0.2) is 4.79 Å². The Balaban J connectivity index is 2.30. The highest BCUT2D eigenvalue weighted by molar-refractivity contribution is 8.00. The van der Waals surface area contributed by atoms with Crippen molar-refractivity contribution in [1.82, 2.24) is 0 Å². The maximum Gasteiger partial charge on any atom is 0.332 e. The first kappa shape index (κ1) is 23.4. The molecule has 1 saturated carbocycles. The summed E-state index contributed by atoms with van der Waals surface area (Å²) in [6, 6.07) is 0. The number of aliphatic hydroxyl groups excluding tert-OH is 1. The number of unbranched alkanes of at least 4 members (excludes halogenated alkanes) is 4. The van der Waals surface area contributed by atoms with E-state index in [9.17, 15) is 19.8 Å². The third kappa shape index (κ3) is 8.87. The third-order valence-electron chi connectivity index (χ3n) is 5.24. The van der Waals surface area contributed by atoms with Crippen molar-refractivity contribution in [3.63, 3.8) is 0 Å². The molecule has 0 heterocycles. The molecular formula is C20H36O5S. The quantitative estimate of drug-likeness (QED) is 0.392. The second kappa shape index (κ2) is 12.0. The molecule has 1 aliphatic rings. The van der Waals surface area contributed by atoms with Gasteiger partial charge in [0.25, 0.3) is 0 Å². The average Bonchev–Trinajstić information content (AvgIpc) is 2.93. The van der Waals surface area contributed by atoms with Crippen molar-refractivity contribution in [3.8, 4) is 0 Å². The van der Waals surface area contributed by atoms with E-state index in [1.54, 1.807) is 11.8 Å². The van der Waals surface area contributed by atoms with E-state index in [1.807, 2.05) is 6.92 Å². The number of Topliss-reactive ketones (excluding diaryl/α,β-unsaturated/α-hetero) is 1. The monoisotopic (exact) mass is 388 g/mol. The predicted molar refractivity (Wildman–Crippen MR) is 105 cm³/mol. The first-order valence-electron chi connectivity index (χ1n) is 10.0. The number of aliphatic carboxylic acids is 1. The van der Waals surface area contributed by atoms with Gasteiger partial charge in [-0.3, -0.25) is 4.79 Å². The van der Waals surface area contributed by atoms with Gasteiger partial charge in [0.05, 0.1) is 5.60 Å². The minimum atomic E-state index is -1.28. The molecular weight excluding hydrogens is 352 g/mol. The number of ketones is 1. The third-order valence-corrected chi connectivity index (χ3v) is 7.02. The zero-order valence-corrected chi connectivity index (χ0v) is 17.1. The molecule has 152 valence electrons. The smallest absolute Gasteiger partial charge is 0.332 e. The lowest BCUT2D eigenvalue weighted by Crippen LogP contribution is -2.29. The Bertz CT molecular complexity index is 438. The molecule has 0 aromatic carbocycles. The van der Waals surface area contributed by atoms with Crippen LogP contribution in [0.1, 0.15) is 84.5 Å². The van der Waals surface area contributed by atoms with Crippen molar-refractivity contribution < 1.29 is 24.9 Å². The lowest BCUT2D eigenvalue weighted by atomic mass is 9.98. The van der Waals surface area contributed by atoms with Gasteiger partial charge < -0.3 is 15.3 Å². The molecule has 0 aromatic heterocycles. The zero-order valence-electron chi connectivity index (χ0n) is 16.3. The van der Waals surface area contributed by atoms with Crippen molar-refractivity contribution in [3.05, 3.63) is 0 Å². The van der Waals surface area contributed by atoms with Gasteiger partial charge in [-0.1, -0.05) is 45.4 Å². The summed E-state index contributed by atoms with van der Waals surface area (Å²) in [5.74, 6) is -0.0939. The molecule has 0 radical (unpaired) electrons. The summed E-state index contributed by atoms with van der Waals surface area (Å²) >= 11 is 1.74. The minimum Gasteiger partial charge on any atom is -0.479 e. The van der Waals surface area contributed by atoms with Gasteiger partial charge in [0.2, 0.25) is 0 Å². The van der Waals surface area contributed by atoms with Gasteiger partial charge >= 0.3 is 5.97 Å². The van der Waals surface area contributed by atoms with Crippen LogP contribution in [0.3, 0.4) is 0 Å². The van der Waals surface area contributed by atoms with Crippen LogP contribution in [0.2, 0.25) is 0 Å². The van der Waals surface area contributed by atoms with Crippen molar-refractivity contribution in [1.29, 1.82) is 0 Å². The molecule has 26 heavy (non-hydrogen) atoms. The lowest BCUT2D eigenvalue weighted by molar-refractivity contribution is -0.147. The second-order valence-corrected chi connectivity index (χ2v) is 9.13. The van der Waals surface area contributed by atoms with Crippen molar-refractivity contribution in [2.45, 2.75) is 101 Å². The molecule has 0 saturated heterocycles. The summed E-state index contributed by atoms with van der Waals surface area (Å²) in [5, 5.41) is 28.7. The highest BCUT2D eigenvalue weighted by atomic mass is 32.2. The Labute approximate surface area is 161 Å². The molecule has 2 unspecified atom stereocenters. The van der Waals surface area contributed by atoms with Crippen LogP contribution < -0.4 is 0 Å². The topological polar surface area (TPSA) is 94.8 Å². The van der Waals surface area contributed by atoms with Gasteiger partial charge in [0, 0.05) is 23.3 Å². The van der Waals surface area contributed by atoms with E-state index in [0.29, 0.717) is 29.6 Å². The van der Waals surface area contributed by atoms with Gasteiger partial charge in [-0.2, -0.15) is 11.8 Å². The number of carboxylic acid groups (broad SMARTS) is 1. The largest absolute Gasteiger partial charge is 0.479 e. The molecule has 0 amide bonds. The Kier molecular flexibility index (Phi) is 10.8. The fourth-order valence-electron chi connectivity index (χ4n) is 3.54. The van der Waals surface area contributed by atoms with E-state index in [0.717, 1.165) is 51.4 Å². The molecule has 1 rings (SSSR count). The lowest BCUT2D eigenvalue weighted by Gasteiger charge is -2.26. The molecule has 0 aromatic rings. The van der Waals surface area contributed by atoms with E-state index in [1.165, 1.54) is 0 Å². The van der Waals surface area contributed by atoms with E-state index in [2.05, 4.69) is 6.92 Å². The number of carboxylic acids is 1. The molecule has 0 spiro atoms. The molecule has 6 heteroatoms. The number of carbonyl (C=O) groups excluding carboxylic acids is 1. The van der Waals surface area contributed by atoms with Crippen LogP contribution in [0.25, 0.3) is 0 Å². The van der Waals surface area contributed by atoms with Gasteiger partial charge in [0.1, 0.15) is 5.78 Å². The molecule has 4 atom stereocenters. The van der Waals surface area contributed by atoms with Gasteiger partial charge in [-0.05, 0) is 32.6 Å². The maximum atomic E-state index is 12.2. The van der Waals surface area contributed by atoms with Gasteiger partial charge in [0.15, 0.2) is 6.10 Å². The summed E-state index contributed by atoms with van der Waals surface area (Å²) in [4.78, 5) is 22.8. The zero-order chi connectivity index (χ0) is 19.6. The van der Waals surface area contributed by atoms with E-state index in [-0.39, 0.29) is 12.3 Å². The number of hydrogen-bond donors (Lipinski definition) is 3. The van der Waals surface area contributed by atoms with Crippen LogP contribution in [0, 0.1) is 5.92 Å². The van der Waals surface area contributed by atoms with Crippen molar-refractivity contribution >= 4 is 23.5 Å². The van der Waals surface area contributed by atoms with Crippen LogP contribution in [-0.4, -0.2) is 49.8 Å². The number of aliphatic hydroxyl groups is 2. The first-order chi connectivity index (χ1) is 12.3. The molecule has 1 aliphatic carbocycles. The molecule has 5 nitrogen and oxygen atoms in total. The number of rotatable bonds is 14. The number of carbonyl (C=O) groups is 2. The Hall–Kier alpha value is -0.590. The molecule has 3 N–H and O–H groups in total. The van der Waals surface area contributed by atoms with Crippen LogP contribution >= 0.6 is 11.8 Å². The summed E-state index contributed by atoms with van der Waals surface area (Å²) in [6.45, 7) is 4.05. The summed E-state index contributed by atoms with van der Waals surface area (Å²) in [7, 11) is 0. The summed E-state index contributed by atoms with van der Waals surface area (Å²) in [6.07, 6.45) is 7.88. The fraction of sp³-hybridized carbons (Fsp3) is 0.900. The Morgan fingerprint density at radius 1 is 1.27 bits per heavy atom. The standard InChI is InChI=1S/C20H36O5S/c1-3-4-8-13-20(2,25)14-26-18-12-11-16(21)15(18)9-6-5-7-10-17(22)19(23)24/h15,17-18,22,25H,3-14H2,1-2H3,(H,23,24)/t15-,17?,18-,20?/m0/s1. The SMILES string of the molecule is CCCCCC(C)(O)CS[C@H]1CCC(=O)[C@@H]1CCCCCC(O)C(=O)O. The van der Waals surface area contributed by atoms with Crippen LogP contribution in [0.5, 0.6) is 0 Å². The number of hydrogen-bond acceptors (Lipinski definition) is 5. The predicted octanol–water partition coefficient (Wildman–Crippen LogP) is 3.79. The van der Waals surface area contributed by atoms with Gasteiger partial charge in [-0.15, -0.1) is 0 Å². The van der Waals surface area contributed by atoms with Crippen LogP contribution in [-0.2, 0) is 9.59 Å². The first-order valence-corrected chi connectivity index (χ1v) is 11.1. The van der Waals surface area contributed by atoms with Crippen molar-refractivity contribution in [2.75, 3.05) is 5.75 Å². The average molecular weight is 389 g/mol. The van der Waals surface area contributed by atoms with E-state index < -0.39 is 17.7 Å². The molecule has 1 fully saturated rings. The molecule has 0 bridgehead atoms. The minimum absolute atomic E-state index is 0.0656. The fourth-order valence-corrected chi connectivity index (χ4v) is 5.06. The van der Waals surface area contributed by atoms with Crippen LogP contribution in [0.4, 0.5) is 0 Å². The van der Waals surface area contributed by atoms with Crippen LogP contribution in [0.15, 0.2) is 0 Å².